The molecule has 1 aliphatic rings. The van der Waals surface area contributed by atoms with Gasteiger partial charge in [-0.1, -0.05) is 6.58 Å². The summed E-state index contributed by atoms with van der Waals surface area (Å²) in [5.41, 5.74) is 0. The van der Waals surface area contributed by atoms with E-state index < -0.39 is 0 Å². The number of aliphatic hydroxyl groups is 2. The van der Waals surface area contributed by atoms with Crippen LogP contribution in [0, 0.1) is 0 Å². The van der Waals surface area contributed by atoms with Gasteiger partial charge in [0.15, 0.2) is 0 Å². The first-order valence-electron chi connectivity index (χ1n) is 6.94. The van der Waals surface area contributed by atoms with Crippen LogP contribution in [-0.4, -0.2) is 75.1 Å². The molecule has 0 aliphatic carbocycles. The Morgan fingerprint density at radius 1 is 1.24 bits per heavy atom. The molecule has 7 nitrogen and oxygen atoms in total. The normalized spacial score (nSPS) is 15.0. The molecular formula is C14H28O7. The van der Waals surface area contributed by atoms with Gasteiger partial charge in [0.2, 0.25) is 0 Å². The van der Waals surface area contributed by atoms with Gasteiger partial charge < -0.3 is 29.2 Å². The second kappa shape index (κ2) is 19.0. The Balaban J connectivity index is 0. The molecule has 0 aromatic rings. The van der Waals surface area contributed by atoms with Crippen LogP contribution in [0.5, 0.6) is 0 Å². The van der Waals surface area contributed by atoms with Crippen LogP contribution in [0.1, 0.15) is 13.8 Å². The molecule has 0 aromatic heterocycles. The van der Waals surface area contributed by atoms with Crippen molar-refractivity contribution in [3.05, 3.63) is 12.7 Å². The van der Waals surface area contributed by atoms with Gasteiger partial charge in [-0.15, -0.1) is 0 Å². The minimum atomic E-state index is -0.384. The second-order valence-corrected chi connectivity index (χ2v) is 3.63. The largest absolute Gasteiger partial charge is 0.460 e. The topological polar surface area (TPSA) is 97.8 Å². The summed E-state index contributed by atoms with van der Waals surface area (Å²) in [6.07, 6.45) is 1.29. The standard InChI is InChI=1S/C6H8O3.C4H10O3.C4H10O/c1-2-6(7)9-4-5-3-8-5;5-1-3-7-4-2-6;1-3-5-4-2/h2,5H,1,3-4H2;5-6H,1-4H2;3-4H2,1-2H3. The predicted octanol–water partition coefficient (Wildman–Crippen LogP) is 0.145. The van der Waals surface area contributed by atoms with Crippen LogP contribution in [0.25, 0.3) is 0 Å². The molecule has 21 heavy (non-hydrogen) atoms. The third-order valence-corrected chi connectivity index (χ3v) is 1.86. The summed E-state index contributed by atoms with van der Waals surface area (Å²) < 4.78 is 18.9. The summed E-state index contributed by atoms with van der Waals surface area (Å²) in [5.74, 6) is -0.384. The van der Waals surface area contributed by atoms with E-state index in [4.69, 9.17) is 19.7 Å². The second-order valence-electron chi connectivity index (χ2n) is 3.63. The lowest BCUT2D eigenvalue weighted by Gasteiger charge is -1.94. The number of aliphatic hydroxyl groups excluding tert-OH is 2. The number of epoxide rings is 1. The fourth-order valence-corrected chi connectivity index (χ4v) is 0.834. The number of hydrogen-bond acceptors (Lipinski definition) is 7. The van der Waals surface area contributed by atoms with E-state index in [0.29, 0.717) is 26.4 Å². The molecule has 1 fully saturated rings. The maximum absolute atomic E-state index is 10.3. The molecule has 1 heterocycles. The fraction of sp³-hybridized carbons (Fsp3) is 0.786. The van der Waals surface area contributed by atoms with Crippen LogP contribution < -0.4 is 0 Å². The van der Waals surface area contributed by atoms with Gasteiger partial charge in [-0.2, -0.15) is 0 Å². The zero-order chi connectivity index (χ0) is 16.3. The van der Waals surface area contributed by atoms with Crippen LogP contribution >= 0.6 is 0 Å². The number of esters is 1. The van der Waals surface area contributed by atoms with E-state index in [9.17, 15) is 4.79 Å². The van der Waals surface area contributed by atoms with Crippen LogP contribution in [0.15, 0.2) is 12.7 Å². The van der Waals surface area contributed by atoms with Gasteiger partial charge in [0.05, 0.1) is 33.0 Å². The van der Waals surface area contributed by atoms with Gasteiger partial charge in [-0.3, -0.25) is 0 Å². The van der Waals surface area contributed by atoms with Crippen molar-refractivity contribution in [1.82, 2.24) is 0 Å². The number of hydrogen-bond donors (Lipinski definition) is 2. The summed E-state index contributed by atoms with van der Waals surface area (Å²) in [7, 11) is 0. The summed E-state index contributed by atoms with van der Waals surface area (Å²) in [5, 5.41) is 16.2. The van der Waals surface area contributed by atoms with Crippen LogP contribution in [-0.2, 0) is 23.7 Å². The lowest BCUT2D eigenvalue weighted by molar-refractivity contribution is -0.138. The zero-order valence-electron chi connectivity index (χ0n) is 13.0. The van der Waals surface area contributed by atoms with E-state index in [0.717, 1.165) is 19.3 Å². The van der Waals surface area contributed by atoms with Crippen molar-refractivity contribution in [2.75, 3.05) is 52.9 Å². The molecule has 1 rings (SSSR count). The molecule has 0 spiro atoms. The van der Waals surface area contributed by atoms with Gasteiger partial charge in [0, 0.05) is 19.3 Å². The Morgan fingerprint density at radius 2 is 1.76 bits per heavy atom. The Labute approximate surface area is 126 Å². The van der Waals surface area contributed by atoms with Crippen molar-refractivity contribution in [3.8, 4) is 0 Å². The zero-order valence-corrected chi connectivity index (χ0v) is 13.0. The highest BCUT2D eigenvalue weighted by atomic mass is 16.6. The number of carbonyl (C=O) groups excluding carboxylic acids is 1. The smallest absolute Gasteiger partial charge is 0.330 e. The van der Waals surface area contributed by atoms with Crippen molar-refractivity contribution in [2.45, 2.75) is 20.0 Å². The number of ether oxygens (including phenoxy) is 4. The van der Waals surface area contributed by atoms with E-state index in [1.165, 1.54) is 0 Å². The molecular weight excluding hydrogens is 280 g/mol. The highest BCUT2D eigenvalue weighted by molar-refractivity contribution is 5.81. The molecule has 0 bridgehead atoms. The van der Waals surface area contributed by atoms with E-state index in [1.54, 1.807) is 0 Å². The molecule has 1 aliphatic heterocycles. The van der Waals surface area contributed by atoms with Crippen LogP contribution in [0.4, 0.5) is 0 Å². The molecule has 126 valence electrons. The van der Waals surface area contributed by atoms with Crippen molar-refractivity contribution in [2.24, 2.45) is 0 Å². The Bertz CT molecular complexity index is 223. The predicted molar refractivity (Wildman–Crippen MR) is 78.1 cm³/mol. The lowest BCUT2D eigenvalue weighted by atomic mass is 10.5. The van der Waals surface area contributed by atoms with E-state index in [-0.39, 0.29) is 25.3 Å². The number of rotatable bonds is 9. The maximum Gasteiger partial charge on any atom is 0.330 e. The van der Waals surface area contributed by atoms with Gasteiger partial charge in [-0.05, 0) is 13.8 Å². The summed E-state index contributed by atoms with van der Waals surface area (Å²) in [6, 6.07) is 0. The fourth-order valence-electron chi connectivity index (χ4n) is 0.834. The summed E-state index contributed by atoms with van der Waals surface area (Å²) in [4.78, 5) is 10.3. The van der Waals surface area contributed by atoms with Crippen molar-refractivity contribution in [1.29, 1.82) is 0 Å². The molecule has 1 saturated heterocycles. The molecule has 0 radical (unpaired) electrons. The van der Waals surface area contributed by atoms with Crippen molar-refractivity contribution >= 4 is 5.97 Å². The summed E-state index contributed by atoms with van der Waals surface area (Å²) >= 11 is 0. The first kappa shape index (κ1) is 22.3. The molecule has 7 heteroatoms. The maximum atomic E-state index is 10.3. The first-order chi connectivity index (χ1) is 10.2. The monoisotopic (exact) mass is 308 g/mol. The van der Waals surface area contributed by atoms with Crippen LogP contribution in [0.3, 0.4) is 0 Å². The lowest BCUT2D eigenvalue weighted by Crippen LogP contribution is -2.06. The molecule has 0 amide bonds. The first-order valence-corrected chi connectivity index (χ1v) is 6.94. The average molecular weight is 308 g/mol. The molecule has 0 saturated carbocycles. The van der Waals surface area contributed by atoms with Crippen molar-refractivity contribution < 1.29 is 34.0 Å². The van der Waals surface area contributed by atoms with Gasteiger partial charge >= 0.3 is 5.97 Å². The van der Waals surface area contributed by atoms with Gasteiger partial charge in [0.1, 0.15) is 12.7 Å². The highest BCUT2D eigenvalue weighted by Gasteiger charge is 2.23. The molecule has 2 N–H and O–H groups in total. The average Bonchev–Trinajstić information content (AvgIpc) is 3.32. The Hall–Kier alpha value is -0.990. The summed E-state index contributed by atoms with van der Waals surface area (Å²) in [6.45, 7) is 10.7. The van der Waals surface area contributed by atoms with E-state index >= 15 is 0 Å². The number of carbonyl (C=O) groups is 1. The Morgan fingerprint density at radius 3 is 2.05 bits per heavy atom. The van der Waals surface area contributed by atoms with E-state index in [1.807, 2.05) is 13.8 Å². The minimum absolute atomic E-state index is 0.0278. The SMILES string of the molecule is C=CC(=O)OCC1CO1.CCOCC.OCCOCCO. The van der Waals surface area contributed by atoms with Crippen molar-refractivity contribution in [3.63, 3.8) is 0 Å². The van der Waals surface area contributed by atoms with Gasteiger partial charge in [-0.25, -0.2) is 4.79 Å². The molecule has 1 unspecified atom stereocenters. The quantitative estimate of drug-likeness (QED) is 0.271. The van der Waals surface area contributed by atoms with E-state index in [2.05, 4.69) is 16.1 Å². The third kappa shape index (κ3) is 24.4. The third-order valence-electron chi connectivity index (χ3n) is 1.86. The molecule has 1 atom stereocenters. The Kier molecular flexibility index (Phi) is 20.2. The molecule has 0 aromatic carbocycles. The highest BCUT2D eigenvalue weighted by Crippen LogP contribution is 2.08. The van der Waals surface area contributed by atoms with Crippen LogP contribution in [0.2, 0.25) is 0 Å². The minimum Gasteiger partial charge on any atom is -0.460 e. The van der Waals surface area contributed by atoms with Gasteiger partial charge in [0.25, 0.3) is 0 Å².